The van der Waals surface area contributed by atoms with Gasteiger partial charge in [0, 0.05) is 17.8 Å². The Morgan fingerprint density at radius 3 is 1.88 bits per heavy atom. The third-order valence-corrected chi connectivity index (χ3v) is 4.47. The summed E-state index contributed by atoms with van der Waals surface area (Å²) in [7, 11) is 0. The standard InChI is InChI=1S/C22H31NO9/c24-19-16-20(25)22-17(19)2-1-3-18(22)23-5-7-29-9-11-31-13-15-32-14-12-30-10-8-28-6-4-21(26)27/h1-3,23H,4-16H2,(H,26,27). The molecule has 10 heteroatoms. The zero-order valence-electron chi connectivity index (χ0n) is 18.1. The Morgan fingerprint density at radius 1 is 0.781 bits per heavy atom. The van der Waals surface area contributed by atoms with Crippen LogP contribution in [-0.4, -0.2) is 95.3 Å². The summed E-state index contributed by atoms with van der Waals surface area (Å²) in [5.74, 6) is -1.15. The van der Waals surface area contributed by atoms with Gasteiger partial charge in [-0.25, -0.2) is 0 Å². The number of carboxylic acid groups (broad SMARTS) is 1. The fourth-order valence-corrected chi connectivity index (χ4v) is 2.96. The average molecular weight is 453 g/mol. The highest BCUT2D eigenvalue weighted by Gasteiger charge is 2.29. The lowest BCUT2D eigenvalue weighted by atomic mass is 10.1. The van der Waals surface area contributed by atoms with Crippen molar-refractivity contribution in [2.75, 3.05) is 77.9 Å². The number of carbonyl (C=O) groups excluding carboxylic acids is 2. The van der Waals surface area contributed by atoms with Crippen molar-refractivity contribution in [2.45, 2.75) is 12.8 Å². The first-order chi connectivity index (χ1) is 15.6. The van der Waals surface area contributed by atoms with Gasteiger partial charge in [0.1, 0.15) is 0 Å². The molecule has 0 saturated carbocycles. The van der Waals surface area contributed by atoms with E-state index < -0.39 is 5.97 Å². The number of nitrogens with one attached hydrogen (secondary N) is 1. The van der Waals surface area contributed by atoms with Gasteiger partial charge in [0.2, 0.25) is 0 Å². The maximum Gasteiger partial charge on any atom is 0.305 e. The zero-order valence-corrected chi connectivity index (χ0v) is 18.1. The molecule has 0 saturated heterocycles. The van der Waals surface area contributed by atoms with Gasteiger partial charge < -0.3 is 34.1 Å². The van der Waals surface area contributed by atoms with E-state index in [1.54, 1.807) is 18.2 Å². The van der Waals surface area contributed by atoms with Crippen LogP contribution in [0.15, 0.2) is 18.2 Å². The molecule has 1 aromatic carbocycles. The van der Waals surface area contributed by atoms with Crippen LogP contribution in [0, 0.1) is 0 Å². The first-order valence-electron chi connectivity index (χ1n) is 10.6. The van der Waals surface area contributed by atoms with E-state index in [0.29, 0.717) is 82.8 Å². The Kier molecular flexibility index (Phi) is 12.5. The molecule has 0 atom stereocenters. The van der Waals surface area contributed by atoms with E-state index >= 15 is 0 Å². The van der Waals surface area contributed by atoms with Crippen molar-refractivity contribution in [3.8, 4) is 0 Å². The Labute approximate surface area is 187 Å². The molecule has 0 spiro atoms. The monoisotopic (exact) mass is 453 g/mol. The van der Waals surface area contributed by atoms with Gasteiger partial charge in [0.05, 0.1) is 84.5 Å². The van der Waals surface area contributed by atoms with Crippen molar-refractivity contribution < 1.29 is 43.2 Å². The molecule has 32 heavy (non-hydrogen) atoms. The lowest BCUT2D eigenvalue weighted by Gasteiger charge is -2.11. The number of anilines is 1. The Balaban J connectivity index is 1.35. The number of carboxylic acids is 1. The molecular weight excluding hydrogens is 422 g/mol. The number of hydrogen-bond acceptors (Lipinski definition) is 9. The van der Waals surface area contributed by atoms with Crippen molar-refractivity contribution in [3.05, 3.63) is 29.3 Å². The second kappa shape index (κ2) is 15.4. The summed E-state index contributed by atoms with van der Waals surface area (Å²) in [6.07, 6.45) is -0.0601. The highest BCUT2D eigenvalue weighted by atomic mass is 16.6. The van der Waals surface area contributed by atoms with E-state index in [-0.39, 0.29) is 31.0 Å². The number of Topliss-reactive ketones (excluding diaryl/α,β-unsaturated/α-hetero) is 2. The quantitative estimate of drug-likeness (QED) is 0.234. The van der Waals surface area contributed by atoms with Crippen LogP contribution in [0.2, 0.25) is 0 Å². The fraction of sp³-hybridized carbons (Fsp3) is 0.591. The normalized spacial score (nSPS) is 12.9. The number of ketones is 2. The molecule has 2 N–H and O–H groups in total. The largest absolute Gasteiger partial charge is 0.481 e. The minimum atomic E-state index is -0.880. The summed E-state index contributed by atoms with van der Waals surface area (Å²) in [6.45, 7) is 4.57. The molecular formula is C22H31NO9. The third kappa shape index (κ3) is 9.84. The van der Waals surface area contributed by atoms with Crippen molar-refractivity contribution in [1.82, 2.24) is 0 Å². The minimum Gasteiger partial charge on any atom is -0.481 e. The predicted molar refractivity (Wildman–Crippen MR) is 115 cm³/mol. The lowest BCUT2D eigenvalue weighted by Crippen LogP contribution is -2.15. The molecule has 1 aromatic rings. The lowest BCUT2D eigenvalue weighted by molar-refractivity contribution is -0.138. The predicted octanol–water partition coefficient (Wildman–Crippen LogP) is 1.43. The summed E-state index contributed by atoms with van der Waals surface area (Å²) in [5.41, 5.74) is 1.64. The van der Waals surface area contributed by atoms with Gasteiger partial charge >= 0.3 is 5.97 Å². The highest BCUT2D eigenvalue weighted by molar-refractivity contribution is 6.26. The number of ether oxygens (including phenoxy) is 5. The van der Waals surface area contributed by atoms with Crippen molar-refractivity contribution >= 4 is 23.2 Å². The minimum absolute atomic E-state index is 0.00827. The average Bonchev–Trinajstić information content (AvgIpc) is 3.07. The summed E-state index contributed by atoms with van der Waals surface area (Å²) in [5, 5.41) is 11.6. The van der Waals surface area contributed by atoms with Crippen molar-refractivity contribution in [2.24, 2.45) is 0 Å². The van der Waals surface area contributed by atoms with E-state index in [2.05, 4.69) is 5.32 Å². The molecule has 10 nitrogen and oxygen atoms in total. The van der Waals surface area contributed by atoms with E-state index in [1.807, 2.05) is 0 Å². The van der Waals surface area contributed by atoms with Gasteiger partial charge in [-0.3, -0.25) is 14.4 Å². The Bertz CT molecular complexity index is 738. The molecule has 0 radical (unpaired) electrons. The Hall–Kier alpha value is -2.37. The molecule has 1 aliphatic carbocycles. The van der Waals surface area contributed by atoms with Crippen LogP contribution < -0.4 is 5.32 Å². The van der Waals surface area contributed by atoms with Crippen LogP contribution in [0.4, 0.5) is 5.69 Å². The molecule has 2 rings (SSSR count). The number of aliphatic carboxylic acids is 1. The SMILES string of the molecule is O=C(O)CCOCCOCCOCCOCCOCCNc1cccc2c1C(=O)CC2=O. The van der Waals surface area contributed by atoms with Crippen molar-refractivity contribution in [1.29, 1.82) is 0 Å². The summed E-state index contributed by atoms with van der Waals surface area (Å²) >= 11 is 0. The molecule has 0 bridgehead atoms. The molecule has 178 valence electrons. The van der Waals surface area contributed by atoms with E-state index in [0.717, 1.165) is 0 Å². The number of rotatable bonds is 19. The summed E-state index contributed by atoms with van der Waals surface area (Å²) < 4.78 is 26.7. The third-order valence-electron chi connectivity index (χ3n) is 4.47. The highest BCUT2D eigenvalue weighted by Crippen LogP contribution is 2.28. The molecule has 1 aliphatic rings. The summed E-state index contributed by atoms with van der Waals surface area (Å²) in [6, 6.07) is 5.24. The topological polar surface area (TPSA) is 130 Å². The van der Waals surface area contributed by atoms with Crippen LogP contribution in [0.25, 0.3) is 0 Å². The van der Waals surface area contributed by atoms with Crippen LogP contribution >= 0.6 is 0 Å². The molecule has 0 amide bonds. The smallest absolute Gasteiger partial charge is 0.305 e. The van der Waals surface area contributed by atoms with E-state index in [4.69, 9.17) is 28.8 Å². The Morgan fingerprint density at radius 2 is 1.31 bits per heavy atom. The van der Waals surface area contributed by atoms with Gasteiger partial charge in [-0.05, 0) is 6.07 Å². The first-order valence-corrected chi connectivity index (χ1v) is 10.6. The number of carbonyl (C=O) groups is 3. The van der Waals surface area contributed by atoms with Crippen LogP contribution in [0.3, 0.4) is 0 Å². The van der Waals surface area contributed by atoms with Crippen LogP contribution in [0.5, 0.6) is 0 Å². The van der Waals surface area contributed by atoms with Gasteiger partial charge in [-0.1, -0.05) is 12.1 Å². The van der Waals surface area contributed by atoms with Crippen molar-refractivity contribution in [3.63, 3.8) is 0 Å². The zero-order chi connectivity index (χ0) is 23.0. The molecule has 0 aliphatic heterocycles. The van der Waals surface area contributed by atoms with Crippen LogP contribution in [-0.2, 0) is 28.5 Å². The van der Waals surface area contributed by atoms with Gasteiger partial charge in [0.25, 0.3) is 0 Å². The first kappa shape index (κ1) is 25.9. The van der Waals surface area contributed by atoms with E-state index in [1.165, 1.54) is 0 Å². The second-order valence-electron chi connectivity index (χ2n) is 6.88. The van der Waals surface area contributed by atoms with E-state index in [9.17, 15) is 14.4 Å². The number of hydrogen-bond donors (Lipinski definition) is 2. The fourth-order valence-electron chi connectivity index (χ4n) is 2.96. The van der Waals surface area contributed by atoms with Gasteiger partial charge in [-0.15, -0.1) is 0 Å². The molecule has 0 aromatic heterocycles. The second-order valence-corrected chi connectivity index (χ2v) is 6.88. The summed E-state index contributed by atoms with van der Waals surface area (Å²) in [4.78, 5) is 34.0. The van der Waals surface area contributed by atoms with Gasteiger partial charge in [-0.2, -0.15) is 0 Å². The molecule has 0 heterocycles. The van der Waals surface area contributed by atoms with Crippen LogP contribution in [0.1, 0.15) is 33.6 Å². The maximum absolute atomic E-state index is 12.0. The molecule has 0 unspecified atom stereocenters. The molecule has 0 fully saturated rings. The maximum atomic E-state index is 12.0. The number of benzene rings is 1. The number of fused-ring (bicyclic) bond motifs is 1. The van der Waals surface area contributed by atoms with Gasteiger partial charge in [0.15, 0.2) is 11.6 Å².